The molecule has 2 heterocycles. The molecular formula is C43H56F6N6O8. The Morgan fingerprint density at radius 2 is 1.16 bits per heavy atom. The number of hydrogen-bond acceptors (Lipinski definition) is 9. The largest absolute Gasteiger partial charge is 0.444 e. The molecule has 0 bridgehead atoms. The van der Waals surface area contributed by atoms with Crippen LogP contribution in [0.3, 0.4) is 0 Å². The molecular weight excluding hydrogens is 842 g/mol. The second-order valence-corrected chi connectivity index (χ2v) is 18.9. The van der Waals surface area contributed by atoms with Gasteiger partial charge in [-0.05, 0) is 107 Å². The third-order valence-corrected chi connectivity index (χ3v) is 13.2. The minimum Gasteiger partial charge on any atom is -0.444 e. The molecule has 0 aromatic heterocycles. The summed E-state index contributed by atoms with van der Waals surface area (Å²) in [6, 6.07) is 2.65. The molecule has 4 atom stereocenters. The van der Waals surface area contributed by atoms with Crippen molar-refractivity contribution in [3.63, 3.8) is 0 Å². The van der Waals surface area contributed by atoms with Crippen LogP contribution in [0.1, 0.15) is 120 Å². The summed E-state index contributed by atoms with van der Waals surface area (Å²) in [4.78, 5) is 63.5. The van der Waals surface area contributed by atoms with Crippen LogP contribution in [0, 0.1) is 42.9 Å². The maximum Gasteiger partial charge on any atom is 0.416 e. The van der Waals surface area contributed by atoms with Crippen LogP contribution >= 0.6 is 0 Å². The first-order chi connectivity index (χ1) is 29.0. The quantitative estimate of drug-likeness (QED) is 0.155. The number of nitrogens with one attached hydrogen (secondary N) is 1. The monoisotopic (exact) mass is 898 g/mol. The molecule has 3 amide bonds. The van der Waals surface area contributed by atoms with Crippen LogP contribution in [0.2, 0.25) is 0 Å². The first-order valence-corrected chi connectivity index (χ1v) is 21.1. The molecule has 14 nitrogen and oxygen atoms in total. The zero-order chi connectivity index (χ0) is 47.2. The third kappa shape index (κ3) is 10.5. The minimum atomic E-state index is -4.74. The van der Waals surface area contributed by atoms with Crippen LogP contribution in [0.25, 0.3) is 0 Å². The van der Waals surface area contributed by atoms with Gasteiger partial charge in [-0.25, -0.2) is 4.79 Å². The molecule has 3 N–H and O–H groups in total. The Hall–Kier alpha value is -5.01. The van der Waals surface area contributed by atoms with E-state index in [0.717, 1.165) is 18.6 Å². The van der Waals surface area contributed by atoms with Crippen LogP contribution in [0.4, 0.5) is 42.5 Å². The number of amides is 3. The van der Waals surface area contributed by atoms with Gasteiger partial charge in [-0.3, -0.25) is 29.8 Å². The predicted molar refractivity (Wildman–Crippen MR) is 218 cm³/mol. The molecule has 2 aliphatic carbocycles. The average Bonchev–Trinajstić information content (AvgIpc) is 3.79. The Morgan fingerprint density at radius 1 is 0.746 bits per heavy atom. The van der Waals surface area contributed by atoms with Crippen LogP contribution in [0.15, 0.2) is 24.3 Å². The molecule has 0 unspecified atom stereocenters. The van der Waals surface area contributed by atoms with Gasteiger partial charge in [0.15, 0.2) is 0 Å². The van der Waals surface area contributed by atoms with E-state index in [1.807, 2.05) is 27.7 Å². The van der Waals surface area contributed by atoms with E-state index < -0.39 is 67.2 Å². The highest BCUT2D eigenvalue weighted by Gasteiger charge is 2.51. The summed E-state index contributed by atoms with van der Waals surface area (Å²) >= 11 is 0. The molecule has 2 aliphatic heterocycles. The van der Waals surface area contributed by atoms with Gasteiger partial charge in [0, 0.05) is 61.5 Å². The lowest BCUT2D eigenvalue weighted by Gasteiger charge is -2.39. The number of nitrogens with zero attached hydrogens (tertiary/aromatic N) is 4. The van der Waals surface area contributed by atoms with Gasteiger partial charge in [0.2, 0.25) is 11.8 Å². The van der Waals surface area contributed by atoms with Crippen molar-refractivity contribution in [1.82, 2.24) is 15.1 Å². The number of halogens is 6. The summed E-state index contributed by atoms with van der Waals surface area (Å²) in [6.07, 6.45) is -6.33. The highest BCUT2D eigenvalue weighted by Crippen LogP contribution is 2.48. The van der Waals surface area contributed by atoms with Gasteiger partial charge in [-0.2, -0.15) is 26.3 Å². The third-order valence-electron chi connectivity index (χ3n) is 13.2. The standard InChI is InChI=1S/C24H32F3N3O5.C19H24F3N3O3/c1-14(2)23(8-6-17(12-23)28-21(32)35-22(3,4)5)20(31)29-9-7-18-15(13-29)10-16(24(25,26)27)11-19(18)30(33)34;1-11(2)18(5-3-14(23)9-18)17(26)24-6-4-15-12(10-24)7-13(19(20,21)22)8-16(15)25(27)28/h10-11,14,17H,6-9,12-13H2,1-5H3,(H,28,32);7-8,11,14H,3-6,9-10,23H2,1-2H3/t17-,23+;14-,18+/m11/s1. The lowest BCUT2D eigenvalue weighted by molar-refractivity contribution is -0.386. The van der Waals surface area contributed by atoms with Gasteiger partial charge in [0.1, 0.15) is 5.60 Å². The van der Waals surface area contributed by atoms with Gasteiger partial charge < -0.3 is 25.6 Å². The summed E-state index contributed by atoms with van der Waals surface area (Å²) in [5.74, 6) is -0.351. The van der Waals surface area contributed by atoms with E-state index in [1.54, 1.807) is 25.7 Å². The predicted octanol–water partition coefficient (Wildman–Crippen LogP) is 8.87. The van der Waals surface area contributed by atoms with Crippen molar-refractivity contribution in [2.75, 3.05) is 13.1 Å². The van der Waals surface area contributed by atoms with Gasteiger partial charge in [-0.15, -0.1) is 0 Å². The van der Waals surface area contributed by atoms with Crippen molar-refractivity contribution in [3.8, 4) is 0 Å². The zero-order valence-electron chi connectivity index (χ0n) is 36.5. The molecule has 20 heteroatoms. The maximum atomic E-state index is 13.8. The smallest absolute Gasteiger partial charge is 0.416 e. The summed E-state index contributed by atoms with van der Waals surface area (Å²) in [7, 11) is 0. The number of alkyl carbamates (subject to hydrolysis) is 1. The number of ether oxygens (including phenoxy) is 1. The van der Waals surface area contributed by atoms with E-state index in [9.17, 15) is 61.0 Å². The molecule has 63 heavy (non-hydrogen) atoms. The lowest BCUT2D eigenvalue weighted by atomic mass is 9.73. The van der Waals surface area contributed by atoms with Crippen molar-refractivity contribution < 1.29 is 55.3 Å². The van der Waals surface area contributed by atoms with Crippen LogP contribution in [-0.2, 0) is 52.6 Å². The molecule has 2 saturated carbocycles. The average molecular weight is 899 g/mol. The molecule has 0 saturated heterocycles. The van der Waals surface area contributed by atoms with Crippen molar-refractivity contribution in [1.29, 1.82) is 0 Å². The fourth-order valence-corrected chi connectivity index (χ4v) is 9.70. The second kappa shape index (κ2) is 17.9. The lowest BCUT2D eigenvalue weighted by Crippen LogP contribution is -2.48. The van der Waals surface area contributed by atoms with E-state index >= 15 is 0 Å². The Labute approximate surface area is 361 Å². The number of alkyl halides is 6. The number of hydrogen-bond donors (Lipinski definition) is 2. The first kappa shape index (κ1) is 49.0. The van der Waals surface area contributed by atoms with Crippen molar-refractivity contribution in [2.45, 2.75) is 143 Å². The number of benzene rings is 2. The summed E-state index contributed by atoms with van der Waals surface area (Å²) < 4.78 is 85.0. The van der Waals surface area contributed by atoms with Crippen LogP contribution in [0.5, 0.6) is 0 Å². The van der Waals surface area contributed by atoms with Gasteiger partial charge in [-0.1, -0.05) is 27.7 Å². The number of nitrogens with two attached hydrogens (primary N) is 1. The fraction of sp³-hybridized carbons (Fsp3) is 0.651. The Kier molecular flexibility index (Phi) is 13.9. The van der Waals surface area contributed by atoms with Crippen molar-refractivity contribution in [2.24, 2.45) is 28.4 Å². The number of fused-ring (bicyclic) bond motifs is 2. The number of carbonyl (C=O) groups is 3. The Morgan fingerprint density at radius 3 is 1.51 bits per heavy atom. The Bertz CT molecular complexity index is 2120. The van der Waals surface area contributed by atoms with Gasteiger partial charge in [0.05, 0.1) is 31.8 Å². The zero-order valence-corrected chi connectivity index (χ0v) is 36.5. The second-order valence-electron chi connectivity index (χ2n) is 18.9. The summed E-state index contributed by atoms with van der Waals surface area (Å²) in [6.45, 7) is 13.3. The van der Waals surface area contributed by atoms with Gasteiger partial charge >= 0.3 is 18.4 Å². The summed E-state index contributed by atoms with van der Waals surface area (Å²) in [5, 5.41) is 25.6. The van der Waals surface area contributed by atoms with E-state index in [1.165, 1.54) is 4.90 Å². The highest BCUT2D eigenvalue weighted by molar-refractivity contribution is 5.85. The van der Waals surface area contributed by atoms with E-state index in [0.29, 0.717) is 44.2 Å². The van der Waals surface area contributed by atoms with Gasteiger partial charge in [0.25, 0.3) is 11.4 Å². The van der Waals surface area contributed by atoms with E-state index in [4.69, 9.17) is 10.5 Å². The minimum absolute atomic E-state index is 0.0470. The van der Waals surface area contributed by atoms with Crippen molar-refractivity contribution in [3.05, 3.63) is 77.9 Å². The van der Waals surface area contributed by atoms with E-state index in [-0.39, 0.29) is 97.0 Å². The Balaban J connectivity index is 0.000000243. The number of carbonyl (C=O) groups excluding carboxylic acids is 3. The first-order valence-electron chi connectivity index (χ1n) is 21.1. The molecule has 2 fully saturated rings. The summed E-state index contributed by atoms with van der Waals surface area (Å²) in [5.41, 5.74) is 1.56. The SMILES string of the molecule is CC(C)[C@]1(C(=O)N2CCc3c(cc(C(F)(F)F)cc3[N+](=O)[O-])C2)CC[C@@H](N)C1.CC(C)[C@]1(C(=O)N2CCc3c(cc(C(F)(F)F)cc3[N+](=O)[O-])C2)CC[C@@H](NC(=O)OC(C)(C)C)C1. The maximum absolute atomic E-state index is 13.8. The topological polar surface area (TPSA) is 191 Å². The number of rotatable bonds is 7. The molecule has 0 radical (unpaired) electrons. The normalized spacial score (nSPS) is 23.7. The molecule has 2 aromatic rings. The number of nitro groups is 2. The van der Waals surface area contributed by atoms with E-state index in [2.05, 4.69) is 5.32 Å². The molecule has 2 aromatic carbocycles. The highest BCUT2D eigenvalue weighted by atomic mass is 19.4. The van der Waals surface area contributed by atoms with Crippen LogP contribution in [-0.4, -0.2) is 68.3 Å². The van der Waals surface area contributed by atoms with Crippen LogP contribution < -0.4 is 11.1 Å². The molecule has 348 valence electrons. The molecule has 6 rings (SSSR count). The van der Waals surface area contributed by atoms with Crippen molar-refractivity contribution >= 4 is 29.3 Å². The molecule has 4 aliphatic rings. The number of nitro benzene ring substituents is 2. The molecule has 0 spiro atoms. The fourth-order valence-electron chi connectivity index (χ4n) is 9.70.